The predicted molar refractivity (Wildman–Crippen MR) is 231 cm³/mol. The van der Waals surface area contributed by atoms with Crippen LogP contribution in [0.4, 0.5) is 4.79 Å². The lowest BCUT2D eigenvalue weighted by molar-refractivity contribution is -0.146. The van der Waals surface area contributed by atoms with Crippen LogP contribution in [0, 0.1) is 17.8 Å². The van der Waals surface area contributed by atoms with E-state index in [1.54, 1.807) is 30.8 Å². The number of nitrogens with zero attached hydrogens (tertiary/aromatic N) is 3. The van der Waals surface area contributed by atoms with Gasteiger partial charge in [0, 0.05) is 52.0 Å². The quantitative estimate of drug-likeness (QED) is 0.144. The fraction of sp³-hybridized carbons (Fsp3) is 0.622. The molecule has 58 heavy (non-hydrogen) atoms. The fourth-order valence-corrected chi connectivity index (χ4v) is 8.88. The molecule has 1 aliphatic heterocycles. The molecule has 3 rings (SSSR count). The minimum absolute atomic E-state index is 0.0255. The van der Waals surface area contributed by atoms with E-state index in [0.29, 0.717) is 19.5 Å². The van der Waals surface area contributed by atoms with Crippen molar-refractivity contribution in [2.24, 2.45) is 17.8 Å². The minimum atomic E-state index is -0.906. The largest absolute Gasteiger partial charge is 0.445 e. The van der Waals surface area contributed by atoms with E-state index < -0.39 is 36.2 Å². The summed E-state index contributed by atoms with van der Waals surface area (Å²) in [6.07, 6.45) is 4.24. The van der Waals surface area contributed by atoms with Crippen molar-refractivity contribution >= 4 is 41.5 Å². The molecule has 0 saturated carbocycles. The molecule has 7 unspecified atom stereocenters. The number of hydrogen-bond acceptors (Lipinski definition) is 8. The monoisotopic (exact) mass is 823 g/mol. The highest BCUT2D eigenvalue weighted by Crippen LogP contribution is 2.31. The smallest absolute Gasteiger partial charge is 0.410 e. The first-order valence-electron chi connectivity index (χ1n) is 20.8. The second-order valence-corrected chi connectivity index (χ2v) is 17.3. The van der Waals surface area contributed by atoms with Gasteiger partial charge in [0.1, 0.15) is 18.7 Å². The maximum atomic E-state index is 14.5. The van der Waals surface area contributed by atoms with Crippen LogP contribution < -0.4 is 10.6 Å². The minimum Gasteiger partial charge on any atom is -0.445 e. The average molecular weight is 824 g/mol. The van der Waals surface area contributed by atoms with Gasteiger partial charge in [-0.25, -0.2) is 4.79 Å². The summed E-state index contributed by atoms with van der Waals surface area (Å²) in [7, 11) is 4.81. The molecular formula is C45H69N5O7S. The molecule has 7 atom stereocenters. The third-order valence-corrected chi connectivity index (χ3v) is 12.5. The number of rotatable bonds is 22. The molecule has 5 amide bonds. The molecule has 0 spiro atoms. The summed E-state index contributed by atoms with van der Waals surface area (Å²) in [4.78, 5) is 73.5. The first kappa shape index (κ1) is 48.3. The van der Waals surface area contributed by atoms with Crippen molar-refractivity contribution in [2.45, 2.75) is 122 Å². The molecule has 1 heterocycles. The Bertz CT molecular complexity index is 1600. The van der Waals surface area contributed by atoms with Gasteiger partial charge in [-0.05, 0) is 54.4 Å². The lowest BCUT2D eigenvalue weighted by Crippen LogP contribution is -2.60. The highest BCUT2D eigenvalue weighted by molar-refractivity contribution is 7.99. The fourth-order valence-electron chi connectivity index (χ4n) is 7.96. The number of thioether (sulfide) groups is 1. The van der Waals surface area contributed by atoms with E-state index in [9.17, 15) is 24.0 Å². The summed E-state index contributed by atoms with van der Waals surface area (Å²) in [6.45, 7) is 12.7. The second-order valence-electron chi connectivity index (χ2n) is 16.2. The number of hydrogen-bond donors (Lipinski definition) is 2. The Hall–Kier alpha value is -4.10. The zero-order chi connectivity index (χ0) is 42.9. The summed E-state index contributed by atoms with van der Waals surface area (Å²) in [5, 5.41) is 5.97. The summed E-state index contributed by atoms with van der Waals surface area (Å²) in [5.41, 5.74) is 1.99. The molecule has 2 N–H and O–H groups in total. The van der Waals surface area contributed by atoms with E-state index in [1.165, 1.54) is 17.5 Å². The van der Waals surface area contributed by atoms with Crippen LogP contribution in [0.1, 0.15) is 84.8 Å². The first-order chi connectivity index (χ1) is 27.6. The van der Waals surface area contributed by atoms with Crippen molar-refractivity contribution < 1.29 is 33.4 Å². The number of ether oxygens (including phenoxy) is 2. The number of methoxy groups -OCH3 is 1. The van der Waals surface area contributed by atoms with Crippen LogP contribution in [0.5, 0.6) is 0 Å². The third-order valence-electron chi connectivity index (χ3n) is 11.4. The number of nitrogens with one attached hydrogen (secondary N) is 2. The second kappa shape index (κ2) is 24.1. The first-order valence-corrected chi connectivity index (χ1v) is 22.1. The van der Waals surface area contributed by atoms with E-state index in [2.05, 4.69) is 10.6 Å². The zero-order valence-corrected chi connectivity index (χ0v) is 37.3. The Morgan fingerprint density at radius 2 is 1.50 bits per heavy atom. The molecule has 2 aromatic rings. The van der Waals surface area contributed by atoms with Crippen LogP contribution in [0.25, 0.3) is 0 Å². The Kier molecular flexibility index (Phi) is 20.1. The van der Waals surface area contributed by atoms with Crippen LogP contribution in [0.2, 0.25) is 0 Å². The maximum absolute atomic E-state index is 14.5. The standard InChI is InChI=1S/C45H69N5O7S/c1-11-32(6)42(36(56-9)27-39(52)50-26-18-23-35(50)37(58-10)28-38(51)46-25-24-33-19-14-12-15-20-33)48(7)44(54)40(30(2)3)47-43(53)41(31(4)5)49(8)45(55)57-29-34-21-16-13-17-22-34/h12-17,19-22,30-32,35-37,40-42H,11,18,23-29H2,1-10H3,(H,46,51)(H,47,53). The van der Waals surface area contributed by atoms with E-state index in [4.69, 9.17) is 9.47 Å². The maximum Gasteiger partial charge on any atom is 0.410 e. The van der Waals surface area contributed by atoms with Gasteiger partial charge in [0.25, 0.3) is 0 Å². The predicted octanol–water partition coefficient (Wildman–Crippen LogP) is 6.17. The van der Waals surface area contributed by atoms with E-state index >= 15 is 0 Å². The Balaban J connectivity index is 1.71. The van der Waals surface area contributed by atoms with Gasteiger partial charge in [0.05, 0.1) is 18.6 Å². The molecule has 1 fully saturated rings. The number of benzene rings is 2. The van der Waals surface area contributed by atoms with Gasteiger partial charge in [0.15, 0.2) is 0 Å². The van der Waals surface area contributed by atoms with E-state index in [1.807, 2.05) is 113 Å². The van der Waals surface area contributed by atoms with Crippen LogP contribution in [-0.4, -0.2) is 120 Å². The van der Waals surface area contributed by atoms with Crippen molar-refractivity contribution in [3.8, 4) is 0 Å². The van der Waals surface area contributed by atoms with E-state index in [0.717, 1.165) is 31.2 Å². The van der Waals surface area contributed by atoms with Gasteiger partial charge in [0.2, 0.25) is 23.6 Å². The highest BCUT2D eigenvalue weighted by Gasteiger charge is 2.42. The molecule has 0 aliphatic carbocycles. The zero-order valence-electron chi connectivity index (χ0n) is 36.4. The molecule has 0 aromatic heterocycles. The van der Waals surface area contributed by atoms with Gasteiger partial charge < -0.3 is 29.9 Å². The molecule has 322 valence electrons. The highest BCUT2D eigenvalue weighted by atomic mass is 32.2. The lowest BCUT2D eigenvalue weighted by Gasteiger charge is -2.41. The molecular weight excluding hydrogens is 755 g/mol. The van der Waals surface area contributed by atoms with Crippen molar-refractivity contribution in [3.05, 3.63) is 71.8 Å². The molecule has 1 saturated heterocycles. The number of carbonyl (C=O) groups excluding carboxylic acids is 5. The number of amides is 5. The summed E-state index contributed by atoms with van der Waals surface area (Å²) < 4.78 is 11.6. The van der Waals surface area contributed by atoms with Crippen molar-refractivity contribution in [1.82, 2.24) is 25.3 Å². The third kappa shape index (κ3) is 13.7. The van der Waals surface area contributed by atoms with Crippen LogP contribution in [0.15, 0.2) is 60.7 Å². The molecule has 0 bridgehead atoms. The molecule has 2 aromatic carbocycles. The van der Waals surface area contributed by atoms with E-state index in [-0.39, 0.29) is 59.8 Å². The SMILES string of the molecule is CCC(C)C(C(CC(=O)N1CCCC1C(CC(=O)NCCc1ccccc1)SC)OC)N(C)C(=O)C(NC(=O)C(C(C)C)N(C)C(=O)OCc1ccccc1)C(C)C. The van der Waals surface area contributed by atoms with Gasteiger partial charge >= 0.3 is 6.09 Å². The normalized spacial score (nSPS) is 17.2. The Morgan fingerprint density at radius 3 is 2.05 bits per heavy atom. The van der Waals surface area contributed by atoms with Crippen LogP contribution in [-0.2, 0) is 41.7 Å². The van der Waals surface area contributed by atoms with Gasteiger partial charge in [-0.3, -0.25) is 24.1 Å². The summed E-state index contributed by atoms with van der Waals surface area (Å²) in [5.74, 6) is -1.46. The molecule has 1 aliphatic rings. The van der Waals surface area contributed by atoms with Crippen molar-refractivity contribution in [1.29, 1.82) is 0 Å². The molecule has 0 radical (unpaired) electrons. The molecule has 13 heteroatoms. The van der Waals surface area contributed by atoms with Crippen LogP contribution >= 0.6 is 11.8 Å². The van der Waals surface area contributed by atoms with Crippen LogP contribution in [0.3, 0.4) is 0 Å². The van der Waals surface area contributed by atoms with Gasteiger partial charge in [-0.2, -0.15) is 11.8 Å². The lowest BCUT2D eigenvalue weighted by atomic mass is 9.89. The topological polar surface area (TPSA) is 138 Å². The van der Waals surface area contributed by atoms with Gasteiger partial charge in [-0.1, -0.05) is 109 Å². The summed E-state index contributed by atoms with van der Waals surface area (Å²) in [6, 6.07) is 17.0. The van der Waals surface area contributed by atoms with Crippen molar-refractivity contribution in [2.75, 3.05) is 40.6 Å². The Morgan fingerprint density at radius 1 is 0.879 bits per heavy atom. The number of carbonyl (C=O) groups is 5. The summed E-state index contributed by atoms with van der Waals surface area (Å²) >= 11 is 1.61. The molecule has 12 nitrogen and oxygen atoms in total. The van der Waals surface area contributed by atoms with Crippen molar-refractivity contribution in [3.63, 3.8) is 0 Å². The number of likely N-dealkylation sites (tertiary alicyclic amines) is 1. The Labute approximate surface area is 351 Å². The average Bonchev–Trinajstić information content (AvgIpc) is 3.71. The van der Waals surface area contributed by atoms with Gasteiger partial charge in [-0.15, -0.1) is 0 Å². The number of likely N-dealkylation sites (N-methyl/N-ethyl adjacent to an activating group) is 2.